The van der Waals surface area contributed by atoms with Crippen LogP contribution in [0.4, 0.5) is 5.69 Å². The molecule has 0 spiro atoms. The van der Waals surface area contributed by atoms with E-state index in [-0.39, 0.29) is 5.91 Å². The number of hydrogen-bond acceptors (Lipinski definition) is 2. The van der Waals surface area contributed by atoms with Gasteiger partial charge in [0.15, 0.2) is 0 Å². The molecule has 0 saturated carbocycles. The first kappa shape index (κ1) is 12.4. The van der Waals surface area contributed by atoms with Crippen LogP contribution in [0.2, 0.25) is 0 Å². The number of rotatable bonds is 2. The van der Waals surface area contributed by atoms with Gasteiger partial charge >= 0.3 is 0 Å². The minimum absolute atomic E-state index is 0.116. The van der Waals surface area contributed by atoms with Gasteiger partial charge in [-0.1, -0.05) is 24.3 Å². The average molecular weight is 262 g/mol. The fourth-order valence-electron chi connectivity index (χ4n) is 2.22. The van der Waals surface area contributed by atoms with Gasteiger partial charge in [0.2, 0.25) is 0 Å². The number of fused-ring (bicyclic) bond motifs is 1. The van der Waals surface area contributed by atoms with Crippen LogP contribution in [-0.4, -0.2) is 10.9 Å². The minimum atomic E-state index is -0.116. The van der Waals surface area contributed by atoms with E-state index in [2.05, 4.69) is 10.3 Å². The number of nitrogens with zero attached hydrogens (tertiary/aromatic N) is 1. The maximum Gasteiger partial charge on any atom is 0.256 e. The Bertz CT molecular complexity index is 775. The number of aryl methyl sites for hydroxylation is 1. The molecule has 3 aromatic rings. The predicted octanol–water partition coefficient (Wildman–Crippen LogP) is 3.80. The fraction of sp³-hybridized carbons (Fsp3) is 0.0588. The van der Waals surface area contributed by atoms with E-state index in [9.17, 15) is 4.79 Å². The largest absolute Gasteiger partial charge is 0.322 e. The van der Waals surface area contributed by atoms with Crippen LogP contribution in [0, 0.1) is 6.92 Å². The second-order valence-corrected chi connectivity index (χ2v) is 4.70. The number of anilines is 1. The molecule has 1 amide bonds. The van der Waals surface area contributed by atoms with Crippen LogP contribution in [0.25, 0.3) is 10.9 Å². The quantitative estimate of drug-likeness (QED) is 0.763. The van der Waals surface area contributed by atoms with Crippen LogP contribution in [0.3, 0.4) is 0 Å². The Morgan fingerprint density at radius 1 is 1.05 bits per heavy atom. The van der Waals surface area contributed by atoms with Gasteiger partial charge in [-0.25, -0.2) is 0 Å². The molecule has 0 atom stereocenters. The van der Waals surface area contributed by atoms with Crippen LogP contribution >= 0.6 is 0 Å². The van der Waals surface area contributed by atoms with Crippen LogP contribution in [0.15, 0.2) is 60.8 Å². The number of aromatic nitrogens is 1. The van der Waals surface area contributed by atoms with Crippen molar-refractivity contribution in [3.8, 4) is 0 Å². The van der Waals surface area contributed by atoms with Gasteiger partial charge in [0.1, 0.15) is 0 Å². The van der Waals surface area contributed by atoms with E-state index in [0.717, 1.165) is 22.2 Å². The van der Waals surface area contributed by atoms with Gasteiger partial charge in [-0.2, -0.15) is 0 Å². The lowest BCUT2D eigenvalue weighted by Crippen LogP contribution is -2.12. The average Bonchev–Trinajstić information content (AvgIpc) is 2.46. The van der Waals surface area contributed by atoms with Crippen molar-refractivity contribution in [2.45, 2.75) is 6.92 Å². The highest BCUT2D eigenvalue weighted by Crippen LogP contribution is 2.18. The van der Waals surface area contributed by atoms with Crippen molar-refractivity contribution in [1.82, 2.24) is 4.98 Å². The lowest BCUT2D eigenvalue weighted by atomic mass is 10.1. The molecule has 3 rings (SSSR count). The first-order valence-electron chi connectivity index (χ1n) is 6.46. The molecule has 20 heavy (non-hydrogen) atoms. The summed E-state index contributed by atoms with van der Waals surface area (Å²) in [6.45, 7) is 2.00. The zero-order chi connectivity index (χ0) is 13.9. The van der Waals surface area contributed by atoms with Gasteiger partial charge in [-0.05, 0) is 42.8 Å². The normalized spacial score (nSPS) is 10.4. The predicted molar refractivity (Wildman–Crippen MR) is 80.9 cm³/mol. The van der Waals surface area contributed by atoms with E-state index in [4.69, 9.17) is 0 Å². The molecule has 2 aromatic carbocycles. The van der Waals surface area contributed by atoms with Gasteiger partial charge in [0.05, 0.1) is 5.52 Å². The van der Waals surface area contributed by atoms with Gasteiger partial charge < -0.3 is 5.32 Å². The highest BCUT2D eigenvalue weighted by molar-refractivity contribution is 6.12. The van der Waals surface area contributed by atoms with E-state index in [1.807, 2.05) is 61.5 Å². The number of carbonyl (C=O) groups excluding carboxylic acids is 1. The van der Waals surface area contributed by atoms with E-state index >= 15 is 0 Å². The van der Waals surface area contributed by atoms with Crippen LogP contribution in [0.5, 0.6) is 0 Å². The van der Waals surface area contributed by atoms with Crippen molar-refractivity contribution < 1.29 is 4.79 Å². The molecule has 1 aromatic heterocycles. The van der Waals surface area contributed by atoms with Crippen molar-refractivity contribution in [3.05, 3.63) is 71.9 Å². The van der Waals surface area contributed by atoms with E-state index in [0.29, 0.717) is 5.56 Å². The summed E-state index contributed by atoms with van der Waals surface area (Å²) in [7, 11) is 0. The molecule has 0 aliphatic heterocycles. The Labute approximate surface area is 117 Å². The summed E-state index contributed by atoms with van der Waals surface area (Å²) in [6.07, 6.45) is 1.73. The van der Waals surface area contributed by atoms with Gasteiger partial charge in [0.25, 0.3) is 5.91 Å². The molecule has 0 radical (unpaired) electrons. The topological polar surface area (TPSA) is 42.0 Å². The molecular formula is C17H14N2O. The lowest BCUT2D eigenvalue weighted by molar-refractivity contribution is 0.102. The standard InChI is InChI=1S/C17H14N2O/c1-12-5-2-6-13(11-12)19-17(20)15-7-3-9-16-14(15)8-4-10-18-16/h2-11H,1H3,(H,19,20). The summed E-state index contributed by atoms with van der Waals surface area (Å²) in [5, 5.41) is 3.79. The molecule has 0 saturated heterocycles. The summed E-state index contributed by atoms with van der Waals surface area (Å²) in [5.74, 6) is -0.116. The first-order chi connectivity index (χ1) is 9.74. The number of benzene rings is 2. The van der Waals surface area contributed by atoms with Crippen LogP contribution in [0.1, 0.15) is 15.9 Å². The third kappa shape index (κ3) is 2.38. The Balaban J connectivity index is 1.97. The smallest absolute Gasteiger partial charge is 0.256 e. The molecule has 1 N–H and O–H groups in total. The van der Waals surface area contributed by atoms with Crippen LogP contribution in [-0.2, 0) is 0 Å². The number of hydrogen-bond donors (Lipinski definition) is 1. The second-order valence-electron chi connectivity index (χ2n) is 4.70. The van der Waals surface area contributed by atoms with E-state index < -0.39 is 0 Å². The Kier molecular flexibility index (Phi) is 3.17. The van der Waals surface area contributed by atoms with Crippen molar-refractivity contribution in [3.63, 3.8) is 0 Å². The van der Waals surface area contributed by atoms with Crippen molar-refractivity contribution in [1.29, 1.82) is 0 Å². The third-order valence-corrected chi connectivity index (χ3v) is 3.17. The molecule has 1 heterocycles. The Hall–Kier alpha value is -2.68. The summed E-state index contributed by atoms with van der Waals surface area (Å²) in [5.41, 5.74) is 3.37. The van der Waals surface area contributed by atoms with Gasteiger partial charge in [-0.15, -0.1) is 0 Å². The third-order valence-electron chi connectivity index (χ3n) is 3.17. The molecule has 0 aliphatic carbocycles. The van der Waals surface area contributed by atoms with Crippen molar-refractivity contribution in [2.75, 3.05) is 5.32 Å². The molecule has 98 valence electrons. The molecular weight excluding hydrogens is 248 g/mol. The maximum absolute atomic E-state index is 12.4. The van der Waals surface area contributed by atoms with Crippen molar-refractivity contribution >= 4 is 22.5 Å². The number of pyridine rings is 1. The van der Waals surface area contributed by atoms with Crippen molar-refractivity contribution in [2.24, 2.45) is 0 Å². The molecule has 3 heteroatoms. The van der Waals surface area contributed by atoms with Crippen LogP contribution < -0.4 is 5.32 Å². The summed E-state index contributed by atoms with van der Waals surface area (Å²) >= 11 is 0. The second kappa shape index (κ2) is 5.13. The molecule has 0 bridgehead atoms. The monoisotopic (exact) mass is 262 g/mol. The maximum atomic E-state index is 12.4. The number of amides is 1. The Morgan fingerprint density at radius 3 is 2.75 bits per heavy atom. The highest BCUT2D eigenvalue weighted by Gasteiger charge is 2.10. The molecule has 0 unspecified atom stereocenters. The van der Waals surface area contributed by atoms with Gasteiger partial charge in [0, 0.05) is 22.8 Å². The Morgan fingerprint density at radius 2 is 1.90 bits per heavy atom. The number of nitrogens with one attached hydrogen (secondary N) is 1. The zero-order valence-corrected chi connectivity index (χ0v) is 11.1. The van der Waals surface area contributed by atoms with E-state index in [1.54, 1.807) is 6.20 Å². The molecule has 0 fully saturated rings. The van der Waals surface area contributed by atoms with Gasteiger partial charge in [-0.3, -0.25) is 9.78 Å². The zero-order valence-electron chi connectivity index (χ0n) is 11.1. The summed E-state index contributed by atoms with van der Waals surface area (Å²) in [6, 6.07) is 17.1. The molecule has 3 nitrogen and oxygen atoms in total. The number of carbonyl (C=O) groups is 1. The minimum Gasteiger partial charge on any atom is -0.322 e. The summed E-state index contributed by atoms with van der Waals surface area (Å²) in [4.78, 5) is 16.7. The highest BCUT2D eigenvalue weighted by atomic mass is 16.1. The lowest BCUT2D eigenvalue weighted by Gasteiger charge is -2.08. The molecule has 0 aliphatic rings. The summed E-state index contributed by atoms with van der Waals surface area (Å²) < 4.78 is 0. The first-order valence-corrected chi connectivity index (χ1v) is 6.46. The fourth-order valence-corrected chi connectivity index (χ4v) is 2.22. The van der Waals surface area contributed by atoms with E-state index in [1.165, 1.54) is 0 Å². The SMILES string of the molecule is Cc1cccc(NC(=O)c2cccc3ncccc23)c1.